The maximum atomic E-state index is 12.8. The molecule has 0 radical (unpaired) electrons. The minimum Gasteiger partial charge on any atom is -0.369 e. The molecule has 2 fully saturated rings. The first-order chi connectivity index (χ1) is 15.9. The Balaban J connectivity index is 1.51. The summed E-state index contributed by atoms with van der Waals surface area (Å²) in [5, 5.41) is 6.67. The molecule has 1 aromatic carbocycles. The smallest absolute Gasteiger partial charge is 0.252 e. The van der Waals surface area contributed by atoms with Gasteiger partial charge in [-0.25, -0.2) is 4.99 Å². The second-order valence-corrected chi connectivity index (χ2v) is 9.16. The molecule has 0 bridgehead atoms. The molecule has 0 aromatic heterocycles. The van der Waals surface area contributed by atoms with E-state index in [0.717, 1.165) is 80.0 Å². The van der Waals surface area contributed by atoms with Gasteiger partial charge >= 0.3 is 0 Å². The van der Waals surface area contributed by atoms with E-state index in [9.17, 15) is 4.79 Å². The molecule has 0 atom stereocenters. The number of hydrogen-bond acceptors (Lipinski definition) is 5. The van der Waals surface area contributed by atoms with E-state index in [0.29, 0.717) is 11.7 Å². The lowest BCUT2D eigenvalue weighted by Crippen LogP contribution is -2.45. The number of allylic oxidation sites excluding steroid dienone is 1. The molecule has 2 N–H and O–H groups in total. The number of amidine groups is 1. The largest absolute Gasteiger partial charge is 0.369 e. The summed E-state index contributed by atoms with van der Waals surface area (Å²) < 4.78 is 0. The molecule has 1 saturated heterocycles. The summed E-state index contributed by atoms with van der Waals surface area (Å²) in [6.07, 6.45) is 7.90. The second-order valence-electron chi connectivity index (χ2n) is 9.16. The molecule has 3 aliphatic rings. The van der Waals surface area contributed by atoms with Crippen molar-refractivity contribution >= 4 is 23.1 Å². The Kier molecular flexibility index (Phi) is 7.14. The maximum absolute atomic E-state index is 12.8. The van der Waals surface area contributed by atoms with Gasteiger partial charge in [-0.05, 0) is 50.5 Å². The van der Waals surface area contributed by atoms with Crippen LogP contribution < -0.4 is 10.6 Å². The van der Waals surface area contributed by atoms with Crippen LogP contribution in [0.25, 0.3) is 5.70 Å². The van der Waals surface area contributed by atoms with Crippen LogP contribution in [0.2, 0.25) is 0 Å². The highest BCUT2D eigenvalue weighted by Crippen LogP contribution is 2.29. The molecule has 4 rings (SSSR count). The maximum Gasteiger partial charge on any atom is 0.252 e. The third-order valence-corrected chi connectivity index (χ3v) is 6.57. The lowest BCUT2D eigenvalue weighted by atomic mass is 10.0. The standard InChI is InChI=1S/C27H35N5O/c1-19(2)25-13-14-26(33)32(24-7-5-6-8-24)27(25)30-21(4)29-23-11-9-22(10-12-23)20(3)31-17-15-28-16-18-31/h9-14,24,28-29H,3-8,15-18H2,1-2H3/b30-27+. The fourth-order valence-corrected chi connectivity index (χ4v) is 4.75. The van der Waals surface area contributed by atoms with Gasteiger partial charge in [-0.1, -0.05) is 43.7 Å². The van der Waals surface area contributed by atoms with E-state index in [1.54, 1.807) is 6.08 Å². The lowest BCUT2D eigenvalue weighted by Gasteiger charge is -2.33. The quantitative estimate of drug-likeness (QED) is 0.676. The van der Waals surface area contributed by atoms with Crippen molar-refractivity contribution in [1.82, 2.24) is 15.1 Å². The molecule has 2 heterocycles. The van der Waals surface area contributed by atoms with Crippen molar-refractivity contribution < 1.29 is 4.79 Å². The summed E-state index contributed by atoms with van der Waals surface area (Å²) >= 11 is 0. The van der Waals surface area contributed by atoms with Crippen LogP contribution in [0.4, 0.5) is 5.69 Å². The zero-order valence-electron chi connectivity index (χ0n) is 19.9. The van der Waals surface area contributed by atoms with Crippen molar-refractivity contribution in [2.75, 3.05) is 31.5 Å². The topological polar surface area (TPSA) is 60.0 Å². The average molecular weight is 446 g/mol. The first kappa shape index (κ1) is 23.1. The number of nitrogens with one attached hydrogen (secondary N) is 2. The van der Waals surface area contributed by atoms with Crippen LogP contribution >= 0.6 is 0 Å². The van der Waals surface area contributed by atoms with Gasteiger partial charge in [0.2, 0.25) is 0 Å². The van der Waals surface area contributed by atoms with Gasteiger partial charge < -0.3 is 15.5 Å². The van der Waals surface area contributed by atoms with E-state index in [-0.39, 0.29) is 11.9 Å². The van der Waals surface area contributed by atoms with Gasteiger partial charge in [0, 0.05) is 55.3 Å². The molecular formula is C27H35N5O. The summed E-state index contributed by atoms with van der Waals surface area (Å²) in [5.41, 5.74) is 5.19. The number of carbonyl (C=O) groups is 1. The number of aliphatic imine (C=N–C) groups is 1. The van der Waals surface area contributed by atoms with E-state index in [1.807, 2.05) is 23.1 Å². The molecule has 1 aromatic rings. The molecule has 174 valence electrons. The van der Waals surface area contributed by atoms with Gasteiger partial charge in [0.15, 0.2) is 0 Å². The predicted octanol–water partition coefficient (Wildman–Crippen LogP) is 4.52. The van der Waals surface area contributed by atoms with Crippen molar-refractivity contribution in [2.24, 2.45) is 4.99 Å². The Morgan fingerprint density at radius 3 is 2.36 bits per heavy atom. The van der Waals surface area contributed by atoms with Gasteiger partial charge in [0.05, 0.1) is 0 Å². The SMILES string of the molecule is C=C(/N=C1\C(=C(C)C)C=CC(=O)N1C1CCCC1)Nc1ccc(C(=C)N2CCNCC2)cc1. The molecule has 6 nitrogen and oxygen atoms in total. The zero-order valence-corrected chi connectivity index (χ0v) is 19.9. The summed E-state index contributed by atoms with van der Waals surface area (Å²) in [4.78, 5) is 21.8. The Morgan fingerprint density at radius 2 is 1.73 bits per heavy atom. The Hall–Kier alpha value is -3.12. The van der Waals surface area contributed by atoms with Gasteiger partial charge in [-0.15, -0.1) is 0 Å². The normalized spacial score (nSPS) is 20.5. The third kappa shape index (κ3) is 5.28. The summed E-state index contributed by atoms with van der Waals surface area (Å²) in [5.74, 6) is 1.23. The summed E-state index contributed by atoms with van der Waals surface area (Å²) in [7, 11) is 0. The number of amides is 1. The molecule has 0 spiro atoms. The zero-order chi connectivity index (χ0) is 23.4. The third-order valence-electron chi connectivity index (χ3n) is 6.57. The molecule has 1 aliphatic carbocycles. The second kappa shape index (κ2) is 10.2. The van der Waals surface area contributed by atoms with Crippen LogP contribution in [0.3, 0.4) is 0 Å². The van der Waals surface area contributed by atoms with Crippen molar-refractivity contribution in [3.05, 3.63) is 72.1 Å². The van der Waals surface area contributed by atoms with E-state index in [1.165, 1.54) is 0 Å². The first-order valence-electron chi connectivity index (χ1n) is 11.9. The molecule has 33 heavy (non-hydrogen) atoms. The number of anilines is 1. The number of carbonyl (C=O) groups excluding carboxylic acids is 1. The Bertz CT molecular complexity index is 1000. The fraction of sp³-hybridized carbons (Fsp3) is 0.407. The summed E-state index contributed by atoms with van der Waals surface area (Å²) in [6, 6.07) is 8.41. The molecule has 1 amide bonds. The molecule has 6 heteroatoms. The van der Waals surface area contributed by atoms with E-state index >= 15 is 0 Å². The van der Waals surface area contributed by atoms with E-state index in [4.69, 9.17) is 4.99 Å². The van der Waals surface area contributed by atoms with E-state index in [2.05, 4.69) is 54.7 Å². The lowest BCUT2D eigenvalue weighted by molar-refractivity contribution is -0.124. The minimum absolute atomic E-state index is 0.00854. The summed E-state index contributed by atoms with van der Waals surface area (Å²) in [6.45, 7) is 16.5. The van der Waals surface area contributed by atoms with Crippen molar-refractivity contribution in [1.29, 1.82) is 0 Å². The molecular weight excluding hydrogens is 410 g/mol. The Labute approximate surface area is 197 Å². The number of nitrogens with zero attached hydrogens (tertiary/aromatic N) is 3. The Morgan fingerprint density at radius 1 is 1.06 bits per heavy atom. The minimum atomic E-state index is 0.00854. The predicted molar refractivity (Wildman–Crippen MR) is 137 cm³/mol. The molecule has 2 aliphatic heterocycles. The van der Waals surface area contributed by atoms with Crippen LogP contribution in [0.5, 0.6) is 0 Å². The first-order valence-corrected chi connectivity index (χ1v) is 11.9. The highest BCUT2D eigenvalue weighted by molar-refractivity contribution is 6.16. The van der Waals surface area contributed by atoms with Crippen LogP contribution in [-0.4, -0.2) is 53.8 Å². The fourth-order valence-electron chi connectivity index (χ4n) is 4.75. The van der Waals surface area contributed by atoms with Crippen molar-refractivity contribution in [3.63, 3.8) is 0 Å². The van der Waals surface area contributed by atoms with Gasteiger partial charge in [-0.3, -0.25) is 9.69 Å². The van der Waals surface area contributed by atoms with Crippen LogP contribution in [0, 0.1) is 0 Å². The average Bonchev–Trinajstić information content (AvgIpc) is 3.34. The van der Waals surface area contributed by atoms with Crippen molar-refractivity contribution in [2.45, 2.75) is 45.6 Å². The van der Waals surface area contributed by atoms with E-state index < -0.39 is 0 Å². The molecule has 1 saturated carbocycles. The number of benzene rings is 1. The van der Waals surface area contributed by atoms with Crippen LogP contribution in [0.15, 0.2) is 71.5 Å². The highest BCUT2D eigenvalue weighted by atomic mass is 16.2. The highest BCUT2D eigenvalue weighted by Gasteiger charge is 2.33. The van der Waals surface area contributed by atoms with Gasteiger partial charge in [0.25, 0.3) is 5.91 Å². The number of rotatable bonds is 6. The van der Waals surface area contributed by atoms with Crippen LogP contribution in [-0.2, 0) is 4.79 Å². The van der Waals surface area contributed by atoms with Crippen LogP contribution in [0.1, 0.15) is 45.1 Å². The molecule has 0 unspecified atom stereocenters. The number of hydrogen-bond donors (Lipinski definition) is 2. The van der Waals surface area contributed by atoms with Crippen molar-refractivity contribution in [3.8, 4) is 0 Å². The number of piperazine rings is 1. The van der Waals surface area contributed by atoms with Gasteiger partial charge in [-0.2, -0.15) is 0 Å². The monoisotopic (exact) mass is 445 g/mol. The van der Waals surface area contributed by atoms with Gasteiger partial charge in [0.1, 0.15) is 11.7 Å².